The van der Waals surface area contributed by atoms with Crippen molar-refractivity contribution >= 4 is 13.5 Å². The molecule has 0 bridgehead atoms. The van der Waals surface area contributed by atoms with E-state index in [1.807, 2.05) is 0 Å². The van der Waals surface area contributed by atoms with Crippen LogP contribution >= 0.6 is 7.60 Å². The molecule has 5 N–H and O–H groups in total. The Bertz CT molecular complexity index is 249. The van der Waals surface area contributed by atoms with Crippen molar-refractivity contribution in [2.24, 2.45) is 11.7 Å². The Labute approximate surface area is 75.9 Å². The van der Waals surface area contributed by atoms with Gasteiger partial charge in [0.05, 0.1) is 0 Å². The van der Waals surface area contributed by atoms with Crippen LogP contribution in [0.4, 0.5) is 0 Å². The Morgan fingerprint density at radius 2 is 2.00 bits per heavy atom. The molecule has 1 amide bonds. The maximum atomic E-state index is 11.0. The molecule has 0 aromatic carbocycles. The van der Waals surface area contributed by atoms with Crippen LogP contribution in [-0.2, 0) is 9.36 Å². The lowest BCUT2D eigenvalue weighted by molar-refractivity contribution is -0.122. The fourth-order valence-electron chi connectivity index (χ4n) is 0.851. The summed E-state index contributed by atoms with van der Waals surface area (Å²) in [7, 11) is -4.65. The SMILES string of the molecule is CC(CO)C(C)(C(N)=O)P(=O)(O)O. The van der Waals surface area contributed by atoms with Crippen LogP contribution in [0, 0.1) is 5.92 Å². The van der Waals surface area contributed by atoms with Gasteiger partial charge in [0.1, 0.15) is 0 Å². The highest BCUT2D eigenvalue weighted by atomic mass is 31.2. The predicted molar refractivity (Wildman–Crippen MR) is 45.9 cm³/mol. The summed E-state index contributed by atoms with van der Waals surface area (Å²) in [6.07, 6.45) is 0. The molecule has 2 unspecified atom stereocenters. The van der Waals surface area contributed by atoms with Crippen LogP contribution in [0.1, 0.15) is 13.8 Å². The summed E-state index contributed by atoms with van der Waals surface area (Å²) in [5.74, 6) is -1.99. The molecular formula is C6H14NO5P. The molecule has 0 radical (unpaired) electrons. The zero-order chi connectivity index (χ0) is 10.9. The van der Waals surface area contributed by atoms with Crippen molar-refractivity contribution in [1.29, 1.82) is 0 Å². The summed E-state index contributed by atoms with van der Waals surface area (Å²) in [5, 5.41) is 6.73. The molecule has 0 aliphatic carbocycles. The molecule has 2 atom stereocenters. The van der Waals surface area contributed by atoms with Gasteiger partial charge in [-0.1, -0.05) is 6.92 Å². The second-order valence-corrected chi connectivity index (χ2v) is 5.16. The molecule has 0 rings (SSSR count). The number of aliphatic hydroxyl groups excluding tert-OH is 1. The Balaban J connectivity index is 5.20. The average Bonchev–Trinajstić information content (AvgIpc) is 1.98. The van der Waals surface area contributed by atoms with E-state index in [0.717, 1.165) is 6.92 Å². The lowest BCUT2D eigenvalue weighted by Gasteiger charge is -2.31. The number of amides is 1. The summed E-state index contributed by atoms with van der Waals surface area (Å²) in [6.45, 7) is 1.89. The smallest absolute Gasteiger partial charge is 0.341 e. The number of aliphatic hydroxyl groups is 1. The number of hydrogen-bond donors (Lipinski definition) is 4. The third-order valence-electron chi connectivity index (χ3n) is 2.34. The van der Waals surface area contributed by atoms with Crippen molar-refractivity contribution in [3.63, 3.8) is 0 Å². The maximum Gasteiger partial charge on any atom is 0.341 e. The average molecular weight is 211 g/mol. The zero-order valence-electron chi connectivity index (χ0n) is 7.47. The Hall–Kier alpha value is -0.420. The van der Waals surface area contributed by atoms with Gasteiger partial charge in [0.15, 0.2) is 5.16 Å². The normalized spacial score (nSPS) is 19.2. The van der Waals surface area contributed by atoms with E-state index >= 15 is 0 Å². The predicted octanol–water partition coefficient (Wildman–Crippen LogP) is -0.963. The van der Waals surface area contributed by atoms with Gasteiger partial charge in [-0.15, -0.1) is 0 Å². The first-order valence-corrected chi connectivity index (χ1v) is 5.25. The Morgan fingerprint density at radius 3 is 2.08 bits per heavy atom. The fraction of sp³-hybridized carbons (Fsp3) is 0.833. The van der Waals surface area contributed by atoms with Gasteiger partial charge in [-0.3, -0.25) is 9.36 Å². The molecule has 0 heterocycles. The highest BCUT2D eigenvalue weighted by Gasteiger charge is 2.51. The second-order valence-electron chi connectivity index (χ2n) is 3.14. The van der Waals surface area contributed by atoms with E-state index in [0.29, 0.717) is 0 Å². The molecule has 0 aliphatic rings. The van der Waals surface area contributed by atoms with Crippen molar-refractivity contribution in [3.8, 4) is 0 Å². The van der Waals surface area contributed by atoms with Crippen LogP contribution in [0.25, 0.3) is 0 Å². The minimum absolute atomic E-state index is 0.509. The van der Waals surface area contributed by atoms with Crippen molar-refractivity contribution < 1.29 is 24.3 Å². The van der Waals surface area contributed by atoms with Crippen LogP contribution in [-0.4, -0.2) is 32.6 Å². The van der Waals surface area contributed by atoms with Crippen molar-refractivity contribution in [3.05, 3.63) is 0 Å². The summed E-state index contributed by atoms with van der Waals surface area (Å²) >= 11 is 0. The van der Waals surface area contributed by atoms with Gasteiger partial charge in [-0.05, 0) is 6.92 Å². The van der Waals surface area contributed by atoms with E-state index in [2.05, 4.69) is 0 Å². The Kier molecular flexibility index (Phi) is 3.63. The standard InChI is InChI=1S/C6H14NO5P/c1-4(3-8)6(2,5(7)9)13(10,11)12/h4,8H,3H2,1-2H3,(H2,7,9)(H2,10,11,12). The molecule has 0 aromatic heterocycles. The number of carbonyl (C=O) groups excluding carboxylic acids is 1. The topological polar surface area (TPSA) is 121 Å². The summed E-state index contributed by atoms with van der Waals surface area (Å²) < 4.78 is 11.0. The number of nitrogens with two attached hydrogens (primary N) is 1. The first-order valence-electron chi connectivity index (χ1n) is 3.64. The quantitative estimate of drug-likeness (QED) is 0.446. The minimum Gasteiger partial charge on any atom is -0.396 e. The molecule has 0 fully saturated rings. The van der Waals surface area contributed by atoms with E-state index in [1.165, 1.54) is 6.92 Å². The first-order chi connectivity index (χ1) is 5.67. The molecule has 0 saturated carbocycles. The third-order valence-corrected chi connectivity index (χ3v) is 4.21. The number of carbonyl (C=O) groups is 1. The van der Waals surface area contributed by atoms with E-state index in [1.54, 1.807) is 0 Å². The van der Waals surface area contributed by atoms with Gasteiger partial charge < -0.3 is 20.6 Å². The van der Waals surface area contributed by atoms with Gasteiger partial charge in [0.25, 0.3) is 0 Å². The molecule has 7 heteroatoms. The van der Waals surface area contributed by atoms with Crippen LogP contribution in [0.15, 0.2) is 0 Å². The van der Waals surface area contributed by atoms with Crippen LogP contribution < -0.4 is 5.73 Å². The molecule has 0 aliphatic heterocycles. The molecule has 13 heavy (non-hydrogen) atoms. The van der Waals surface area contributed by atoms with Gasteiger partial charge in [0, 0.05) is 12.5 Å². The minimum atomic E-state index is -4.65. The Morgan fingerprint density at radius 1 is 1.62 bits per heavy atom. The van der Waals surface area contributed by atoms with Crippen LogP contribution in [0.5, 0.6) is 0 Å². The maximum absolute atomic E-state index is 11.0. The summed E-state index contributed by atoms with van der Waals surface area (Å²) in [4.78, 5) is 28.7. The highest BCUT2D eigenvalue weighted by molar-refractivity contribution is 7.54. The molecular weight excluding hydrogens is 197 g/mol. The number of rotatable bonds is 4. The summed E-state index contributed by atoms with van der Waals surface area (Å²) in [5.41, 5.74) is 4.89. The molecule has 0 aromatic rings. The molecule has 0 spiro atoms. The van der Waals surface area contributed by atoms with Gasteiger partial charge >= 0.3 is 7.60 Å². The van der Waals surface area contributed by atoms with E-state index < -0.39 is 31.2 Å². The number of hydrogen-bond acceptors (Lipinski definition) is 3. The summed E-state index contributed by atoms with van der Waals surface area (Å²) in [6, 6.07) is 0. The van der Waals surface area contributed by atoms with Crippen molar-refractivity contribution in [1.82, 2.24) is 0 Å². The third kappa shape index (κ3) is 2.08. The monoisotopic (exact) mass is 211 g/mol. The van der Waals surface area contributed by atoms with E-state index in [9.17, 15) is 9.36 Å². The first kappa shape index (κ1) is 12.6. The lowest BCUT2D eigenvalue weighted by atomic mass is 9.95. The van der Waals surface area contributed by atoms with E-state index in [4.69, 9.17) is 20.6 Å². The number of primary amides is 1. The largest absolute Gasteiger partial charge is 0.396 e. The van der Waals surface area contributed by atoms with Crippen molar-refractivity contribution in [2.45, 2.75) is 19.0 Å². The molecule has 78 valence electrons. The van der Waals surface area contributed by atoms with Crippen LogP contribution in [0.3, 0.4) is 0 Å². The molecule has 6 nitrogen and oxygen atoms in total. The highest BCUT2D eigenvalue weighted by Crippen LogP contribution is 2.54. The second kappa shape index (κ2) is 3.75. The lowest BCUT2D eigenvalue weighted by Crippen LogP contribution is -2.47. The van der Waals surface area contributed by atoms with E-state index in [-0.39, 0.29) is 0 Å². The zero-order valence-corrected chi connectivity index (χ0v) is 8.36. The fourth-order valence-corrected chi connectivity index (χ4v) is 1.79. The van der Waals surface area contributed by atoms with Gasteiger partial charge in [-0.25, -0.2) is 0 Å². The van der Waals surface area contributed by atoms with Crippen molar-refractivity contribution in [2.75, 3.05) is 6.61 Å². The molecule has 0 saturated heterocycles. The van der Waals surface area contributed by atoms with Crippen LogP contribution in [0.2, 0.25) is 0 Å². The van der Waals surface area contributed by atoms with Gasteiger partial charge in [0.2, 0.25) is 5.91 Å². The van der Waals surface area contributed by atoms with Gasteiger partial charge in [-0.2, -0.15) is 0 Å².